The highest BCUT2D eigenvalue weighted by Crippen LogP contribution is 2.27. The number of hydrogen-bond acceptors (Lipinski definition) is 2. The van der Waals surface area contributed by atoms with Crippen molar-refractivity contribution in [2.75, 3.05) is 13.1 Å². The topological polar surface area (TPSA) is 29.3 Å². The number of hydrogen-bond donors (Lipinski definition) is 1. The Bertz CT molecular complexity index is 442. The van der Waals surface area contributed by atoms with Gasteiger partial charge in [-0.3, -0.25) is 4.90 Å². The minimum Gasteiger partial charge on any atom is -0.326 e. The van der Waals surface area contributed by atoms with E-state index in [9.17, 15) is 4.39 Å². The van der Waals surface area contributed by atoms with Crippen LogP contribution < -0.4 is 5.73 Å². The van der Waals surface area contributed by atoms with Gasteiger partial charge in [0.1, 0.15) is 5.82 Å². The van der Waals surface area contributed by atoms with E-state index in [1.165, 1.54) is 12.8 Å². The molecular formula is C15H22ClFN2. The van der Waals surface area contributed by atoms with Crippen molar-refractivity contribution < 1.29 is 4.39 Å². The molecule has 0 radical (unpaired) electrons. The fourth-order valence-corrected chi connectivity index (χ4v) is 2.91. The summed E-state index contributed by atoms with van der Waals surface area (Å²) < 4.78 is 13.9. The number of halogens is 2. The molecule has 2 rings (SSSR count). The third kappa shape index (κ3) is 3.10. The molecule has 1 aliphatic heterocycles. The molecule has 4 heteroatoms. The van der Waals surface area contributed by atoms with Gasteiger partial charge in [0.15, 0.2) is 0 Å². The van der Waals surface area contributed by atoms with Gasteiger partial charge in [0.2, 0.25) is 0 Å². The second-order valence-corrected chi connectivity index (χ2v) is 6.28. The van der Waals surface area contributed by atoms with Gasteiger partial charge in [0.05, 0.1) is 5.02 Å². The summed E-state index contributed by atoms with van der Waals surface area (Å²) in [5.41, 5.74) is 6.82. The third-order valence-electron chi connectivity index (χ3n) is 4.30. The summed E-state index contributed by atoms with van der Waals surface area (Å²) >= 11 is 5.81. The van der Waals surface area contributed by atoms with Gasteiger partial charge >= 0.3 is 0 Å². The SMILES string of the molecule is CC(C)(C(N)Cc1cccc(Cl)c1F)N1CCCC1. The summed E-state index contributed by atoms with van der Waals surface area (Å²) in [6, 6.07) is 4.99. The van der Waals surface area contributed by atoms with E-state index in [1.54, 1.807) is 18.2 Å². The third-order valence-corrected chi connectivity index (χ3v) is 4.59. The Hall–Kier alpha value is -0.640. The van der Waals surface area contributed by atoms with Crippen LogP contribution in [0.2, 0.25) is 5.02 Å². The highest BCUT2D eigenvalue weighted by atomic mass is 35.5. The van der Waals surface area contributed by atoms with Crippen molar-refractivity contribution in [1.82, 2.24) is 4.90 Å². The molecule has 1 unspecified atom stereocenters. The second-order valence-electron chi connectivity index (χ2n) is 5.87. The minimum absolute atomic E-state index is 0.112. The predicted octanol–water partition coefficient (Wildman–Crippen LogP) is 3.22. The van der Waals surface area contributed by atoms with E-state index in [2.05, 4.69) is 18.7 Å². The van der Waals surface area contributed by atoms with Crippen LogP contribution >= 0.6 is 11.6 Å². The molecule has 19 heavy (non-hydrogen) atoms. The molecule has 0 saturated carbocycles. The van der Waals surface area contributed by atoms with Crippen LogP contribution in [0, 0.1) is 5.82 Å². The maximum absolute atomic E-state index is 13.9. The highest BCUT2D eigenvalue weighted by Gasteiger charge is 2.35. The van der Waals surface area contributed by atoms with E-state index >= 15 is 0 Å². The van der Waals surface area contributed by atoms with Gasteiger partial charge in [-0.1, -0.05) is 23.7 Å². The van der Waals surface area contributed by atoms with Gasteiger partial charge in [-0.15, -0.1) is 0 Å². The van der Waals surface area contributed by atoms with Crippen LogP contribution in [0.25, 0.3) is 0 Å². The average molecular weight is 285 g/mol. The van der Waals surface area contributed by atoms with E-state index in [4.69, 9.17) is 17.3 Å². The smallest absolute Gasteiger partial charge is 0.145 e. The fourth-order valence-electron chi connectivity index (χ4n) is 2.72. The van der Waals surface area contributed by atoms with Gasteiger partial charge in [-0.05, 0) is 57.8 Å². The first-order valence-electron chi connectivity index (χ1n) is 6.86. The van der Waals surface area contributed by atoms with E-state index in [0.29, 0.717) is 12.0 Å². The molecule has 1 aliphatic rings. The van der Waals surface area contributed by atoms with Crippen LogP contribution in [0.5, 0.6) is 0 Å². The van der Waals surface area contributed by atoms with E-state index in [0.717, 1.165) is 13.1 Å². The average Bonchev–Trinajstić information content (AvgIpc) is 2.89. The first-order valence-corrected chi connectivity index (χ1v) is 7.24. The van der Waals surface area contributed by atoms with Gasteiger partial charge in [-0.25, -0.2) is 4.39 Å². The summed E-state index contributed by atoms with van der Waals surface area (Å²) in [7, 11) is 0. The molecule has 1 saturated heterocycles. The highest BCUT2D eigenvalue weighted by molar-refractivity contribution is 6.30. The van der Waals surface area contributed by atoms with Gasteiger partial charge < -0.3 is 5.73 Å². The van der Waals surface area contributed by atoms with Crippen molar-refractivity contribution in [1.29, 1.82) is 0 Å². The van der Waals surface area contributed by atoms with E-state index in [1.807, 2.05) is 0 Å². The molecule has 106 valence electrons. The standard InChI is InChI=1S/C15H22ClFN2/c1-15(2,19-8-3-4-9-19)13(18)10-11-6-5-7-12(16)14(11)17/h5-7,13H,3-4,8-10,18H2,1-2H3. The van der Waals surface area contributed by atoms with Crippen molar-refractivity contribution in [3.8, 4) is 0 Å². The molecule has 1 aromatic rings. The zero-order chi connectivity index (χ0) is 14.0. The monoisotopic (exact) mass is 284 g/mol. The lowest BCUT2D eigenvalue weighted by atomic mass is 9.88. The zero-order valence-electron chi connectivity index (χ0n) is 11.6. The summed E-state index contributed by atoms with van der Waals surface area (Å²) in [6.45, 7) is 6.45. The van der Waals surface area contributed by atoms with Crippen molar-refractivity contribution in [3.05, 3.63) is 34.6 Å². The summed E-state index contributed by atoms with van der Waals surface area (Å²) in [5.74, 6) is -0.336. The fraction of sp³-hybridized carbons (Fsp3) is 0.600. The Kier molecular flexibility index (Phi) is 4.49. The molecule has 0 aromatic heterocycles. The Morgan fingerprint density at radius 3 is 2.63 bits per heavy atom. The number of benzene rings is 1. The van der Waals surface area contributed by atoms with Crippen LogP contribution in [0.1, 0.15) is 32.3 Å². The molecule has 0 spiro atoms. The van der Waals surface area contributed by atoms with Crippen LogP contribution in [0.4, 0.5) is 4.39 Å². The zero-order valence-corrected chi connectivity index (χ0v) is 12.4. The van der Waals surface area contributed by atoms with Crippen molar-refractivity contribution in [3.63, 3.8) is 0 Å². The molecule has 1 aromatic carbocycles. The largest absolute Gasteiger partial charge is 0.326 e. The molecule has 1 fully saturated rings. The minimum atomic E-state index is -0.336. The first kappa shape index (κ1) is 14.8. The quantitative estimate of drug-likeness (QED) is 0.920. The Morgan fingerprint density at radius 2 is 2.00 bits per heavy atom. The maximum Gasteiger partial charge on any atom is 0.145 e. The van der Waals surface area contributed by atoms with Crippen molar-refractivity contribution in [2.45, 2.75) is 44.7 Å². The number of likely N-dealkylation sites (tertiary alicyclic amines) is 1. The molecular weight excluding hydrogens is 263 g/mol. The van der Waals surface area contributed by atoms with E-state index < -0.39 is 0 Å². The van der Waals surface area contributed by atoms with Gasteiger partial charge in [0.25, 0.3) is 0 Å². The first-order chi connectivity index (χ1) is 8.93. The van der Waals surface area contributed by atoms with Crippen LogP contribution in [0.15, 0.2) is 18.2 Å². The van der Waals surface area contributed by atoms with Gasteiger partial charge in [-0.2, -0.15) is 0 Å². The molecule has 0 aliphatic carbocycles. The maximum atomic E-state index is 13.9. The molecule has 1 heterocycles. The summed E-state index contributed by atoms with van der Waals surface area (Å²) in [4.78, 5) is 2.40. The van der Waals surface area contributed by atoms with Crippen molar-refractivity contribution in [2.24, 2.45) is 5.73 Å². The molecule has 1 atom stereocenters. The van der Waals surface area contributed by atoms with E-state index in [-0.39, 0.29) is 22.4 Å². The number of rotatable bonds is 4. The summed E-state index contributed by atoms with van der Waals surface area (Å²) in [5, 5.41) is 0.170. The Labute approximate surface area is 119 Å². The van der Waals surface area contributed by atoms with Crippen LogP contribution in [-0.2, 0) is 6.42 Å². The normalized spacial score (nSPS) is 18.8. The molecule has 0 bridgehead atoms. The lowest BCUT2D eigenvalue weighted by Crippen LogP contribution is -2.56. The molecule has 2 nitrogen and oxygen atoms in total. The lowest BCUT2D eigenvalue weighted by Gasteiger charge is -2.40. The van der Waals surface area contributed by atoms with Crippen LogP contribution in [-0.4, -0.2) is 29.6 Å². The molecule has 2 N–H and O–H groups in total. The van der Waals surface area contributed by atoms with Gasteiger partial charge in [0, 0.05) is 11.6 Å². The number of nitrogens with zero attached hydrogens (tertiary/aromatic N) is 1. The number of nitrogens with two attached hydrogens (primary N) is 1. The van der Waals surface area contributed by atoms with Crippen molar-refractivity contribution >= 4 is 11.6 Å². The summed E-state index contributed by atoms with van der Waals surface area (Å²) in [6.07, 6.45) is 2.96. The lowest BCUT2D eigenvalue weighted by molar-refractivity contribution is 0.123. The Morgan fingerprint density at radius 1 is 1.37 bits per heavy atom. The Balaban J connectivity index is 2.11. The second kappa shape index (κ2) is 5.78. The molecule has 0 amide bonds. The van der Waals surface area contributed by atoms with Crippen LogP contribution in [0.3, 0.4) is 0 Å². The predicted molar refractivity (Wildman–Crippen MR) is 78.0 cm³/mol.